The molecule has 5 heteroatoms. The van der Waals surface area contributed by atoms with Crippen molar-refractivity contribution in [2.24, 2.45) is 0 Å². The van der Waals surface area contributed by atoms with E-state index in [1.807, 2.05) is 0 Å². The van der Waals surface area contributed by atoms with Gasteiger partial charge >= 0.3 is 0 Å². The molecule has 0 atom stereocenters. The van der Waals surface area contributed by atoms with Crippen molar-refractivity contribution in [3.63, 3.8) is 0 Å². The van der Waals surface area contributed by atoms with Crippen LogP contribution in [0, 0.1) is 0 Å². The van der Waals surface area contributed by atoms with E-state index in [2.05, 4.69) is 20.3 Å². The van der Waals surface area contributed by atoms with E-state index in [-0.39, 0.29) is 5.91 Å². The van der Waals surface area contributed by atoms with Gasteiger partial charge in [-0.15, -0.1) is 0 Å². The summed E-state index contributed by atoms with van der Waals surface area (Å²) in [7, 11) is 0. The third-order valence-corrected chi connectivity index (χ3v) is 1.72. The number of rotatable bonds is 2. The van der Waals surface area contributed by atoms with Gasteiger partial charge in [0.2, 0.25) is 0 Å². The summed E-state index contributed by atoms with van der Waals surface area (Å²) in [6, 6.07) is 6.75. The molecule has 0 saturated heterocycles. The highest BCUT2D eigenvalue weighted by atomic mass is 16.1. The first kappa shape index (κ1) is 9.26. The fraction of sp³-hybridized carbons (Fsp3) is 0. The first-order chi connectivity index (χ1) is 7.36. The number of hydrogen-bond donors (Lipinski definition) is 1. The van der Waals surface area contributed by atoms with Crippen LogP contribution in [-0.4, -0.2) is 20.9 Å². The predicted octanol–water partition coefficient (Wildman–Crippen LogP) is 1.12. The van der Waals surface area contributed by atoms with Crippen LogP contribution < -0.4 is 5.32 Å². The lowest BCUT2D eigenvalue weighted by Gasteiger charge is -2.01. The summed E-state index contributed by atoms with van der Waals surface area (Å²) in [5.74, 6) is 0.176. The fourth-order valence-corrected chi connectivity index (χ4v) is 1.04. The Labute approximate surface area is 86.2 Å². The molecule has 0 spiro atoms. The molecule has 0 aliphatic rings. The molecule has 0 unspecified atom stereocenters. The van der Waals surface area contributed by atoms with Crippen LogP contribution >= 0.6 is 0 Å². The molecular formula is C10H8N4O. The van der Waals surface area contributed by atoms with Crippen LogP contribution in [0.15, 0.2) is 43.0 Å². The van der Waals surface area contributed by atoms with Gasteiger partial charge in [0.1, 0.15) is 17.8 Å². The number of carbonyl (C=O) groups excluding carboxylic acids is 1. The van der Waals surface area contributed by atoms with Gasteiger partial charge in [0.05, 0.1) is 0 Å². The van der Waals surface area contributed by atoms with E-state index < -0.39 is 0 Å². The van der Waals surface area contributed by atoms with E-state index >= 15 is 0 Å². The topological polar surface area (TPSA) is 67.8 Å². The Morgan fingerprint density at radius 2 is 2.07 bits per heavy atom. The van der Waals surface area contributed by atoms with Crippen LogP contribution in [0.4, 0.5) is 5.82 Å². The first-order valence-corrected chi connectivity index (χ1v) is 4.34. The van der Waals surface area contributed by atoms with Crippen molar-refractivity contribution in [3.8, 4) is 0 Å². The predicted molar refractivity (Wildman–Crippen MR) is 54.2 cm³/mol. The summed E-state index contributed by atoms with van der Waals surface area (Å²) < 4.78 is 0. The van der Waals surface area contributed by atoms with Crippen LogP contribution in [-0.2, 0) is 0 Å². The lowest BCUT2D eigenvalue weighted by Crippen LogP contribution is -2.14. The zero-order chi connectivity index (χ0) is 10.5. The lowest BCUT2D eigenvalue weighted by molar-refractivity contribution is 0.102. The summed E-state index contributed by atoms with van der Waals surface area (Å²) in [6.07, 6.45) is 4.49. The second kappa shape index (κ2) is 4.28. The molecule has 2 aromatic rings. The molecule has 1 N–H and O–H groups in total. The van der Waals surface area contributed by atoms with Gasteiger partial charge < -0.3 is 5.32 Å². The first-order valence-electron chi connectivity index (χ1n) is 4.34. The molecule has 2 rings (SSSR count). The fourth-order valence-electron chi connectivity index (χ4n) is 1.04. The SMILES string of the molecule is O=C(Nc1ccncn1)c1ccccn1. The maximum Gasteiger partial charge on any atom is 0.275 e. The molecule has 0 aromatic carbocycles. The average molecular weight is 200 g/mol. The Bertz CT molecular complexity index is 443. The van der Waals surface area contributed by atoms with Crippen molar-refractivity contribution in [3.05, 3.63) is 48.7 Å². The smallest absolute Gasteiger partial charge is 0.275 e. The molecule has 15 heavy (non-hydrogen) atoms. The summed E-state index contributed by atoms with van der Waals surface area (Å²) in [5.41, 5.74) is 0.358. The Morgan fingerprint density at radius 3 is 2.73 bits per heavy atom. The number of carbonyl (C=O) groups is 1. The quantitative estimate of drug-likeness (QED) is 0.788. The third-order valence-electron chi connectivity index (χ3n) is 1.72. The van der Waals surface area contributed by atoms with Crippen LogP contribution in [0.25, 0.3) is 0 Å². The molecule has 0 aliphatic carbocycles. The number of amides is 1. The number of hydrogen-bond acceptors (Lipinski definition) is 4. The van der Waals surface area contributed by atoms with Crippen LogP contribution in [0.1, 0.15) is 10.5 Å². The molecule has 5 nitrogen and oxygen atoms in total. The molecule has 0 saturated carbocycles. The third kappa shape index (κ3) is 2.34. The standard InChI is InChI=1S/C10H8N4O/c15-10(8-3-1-2-5-12-8)14-9-4-6-11-7-13-9/h1-7H,(H,11,13,14,15). The van der Waals surface area contributed by atoms with Crippen molar-refractivity contribution in [1.29, 1.82) is 0 Å². The van der Waals surface area contributed by atoms with Gasteiger partial charge in [0.25, 0.3) is 5.91 Å². The van der Waals surface area contributed by atoms with Crippen LogP contribution in [0.5, 0.6) is 0 Å². The Morgan fingerprint density at radius 1 is 1.13 bits per heavy atom. The Hall–Kier alpha value is -2.30. The number of pyridine rings is 1. The maximum absolute atomic E-state index is 11.6. The molecular weight excluding hydrogens is 192 g/mol. The summed E-state index contributed by atoms with van der Waals surface area (Å²) in [5, 5.41) is 2.61. The van der Waals surface area contributed by atoms with E-state index in [0.29, 0.717) is 11.5 Å². The Balaban J connectivity index is 2.12. The zero-order valence-electron chi connectivity index (χ0n) is 7.79. The summed E-state index contributed by atoms with van der Waals surface area (Å²) in [6.45, 7) is 0. The van der Waals surface area contributed by atoms with Gasteiger partial charge in [-0.2, -0.15) is 0 Å². The second-order valence-corrected chi connectivity index (χ2v) is 2.76. The van der Waals surface area contributed by atoms with Gasteiger partial charge in [0, 0.05) is 12.4 Å². The van der Waals surface area contributed by atoms with Gasteiger partial charge in [-0.25, -0.2) is 9.97 Å². The highest BCUT2D eigenvalue weighted by Gasteiger charge is 2.06. The van der Waals surface area contributed by atoms with Crippen molar-refractivity contribution in [2.75, 3.05) is 5.32 Å². The Kier molecular flexibility index (Phi) is 2.64. The normalized spacial score (nSPS) is 9.60. The van der Waals surface area contributed by atoms with Crippen molar-refractivity contribution >= 4 is 11.7 Å². The summed E-state index contributed by atoms with van der Waals surface area (Å²) in [4.78, 5) is 23.1. The number of nitrogens with one attached hydrogen (secondary N) is 1. The van der Waals surface area contributed by atoms with Crippen LogP contribution in [0.3, 0.4) is 0 Å². The van der Waals surface area contributed by atoms with Crippen molar-refractivity contribution in [2.45, 2.75) is 0 Å². The molecule has 0 aliphatic heterocycles. The number of nitrogens with zero attached hydrogens (tertiary/aromatic N) is 3. The average Bonchev–Trinajstić information content (AvgIpc) is 2.31. The van der Waals surface area contributed by atoms with Gasteiger partial charge in [-0.05, 0) is 18.2 Å². The molecule has 0 bridgehead atoms. The van der Waals surface area contributed by atoms with Gasteiger partial charge in [0.15, 0.2) is 0 Å². The van der Waals surface area contributed by atoms with E-state index in [1.54, 1.807) is 36.7 Å². The highest BCUT2D eigenvalue weighted by molar-refractivity contribution is 6.02. The maximum atomic E-state index is 11.6. The molecule has 74 valence electrons. The molecule has 1 amide bonds. The van der Waals surface area contributed by atoms with Crippen LogP contribution in [0.2, 0.25) is 0 Å². The second-order valence-electron chi connectivity index (χ2n) is 2.76. The number of aromatic nitrogens is 3. The van der Waals surface area contributed by atoms with Crippen molar-refractivity contribution < 1.29 is 4.79 Å². The van der Waals surface area contributed by atoms with E-state index in [0.717, 1.165) is 0 Å². The minimum atomic E-state index is -0.283. The molecule has 2 heterocycles. The lowest BCUT2D eigenvalue weighted by atomic mass is 10.3. The van der Waals surface area contributed by atoms with E-state index in [9.17, 15) is 4.79 Å². The van der Waals surface area contributed by atoms with Gasteiger partial charge in [-0.3, -0.25) is 9.78 Å². The largest absolute Gasteiger partial charge is 0.305 e. The monoisotopic (exact) mass is 200 g/mol. The highest BCUT2D eigenvalue weighted by Crippen LogP contribution is 2.01. The molecule has 2 aromatic heterocycles. The van der Waals surface area contributed by atoms with E-state index in [1.165, 1.54) is 6.33 Å². The number of anilines is 1. The summed E-state index contributed by atoms with van der Waals surface area (Å²) >= 11 is 0. The zero-order valence-corrected chi connectivity index (χ0v) is 7.79. The van der Waals surface area contributed by atoms with Gasteiger partial charge in [-0.1, -0.05) is 6.07 Å². The molecule has 0 radical (unpaired) electrons. The molecule has 0 fully saturated rings. The minimum absolute atomic E-state index is 0.283. The van der Waals surface area contributed by atoms with E-state index in [4.69, 9.17) is 0 Å². The van der Waals surface area contributed by atoms with Crippen molar-refractivity contribution in [1.82, 2.24) is 15.0 Å². The minimum Gasteiger partial charge on any atom is -0.305 e.